The minimum atomic E-state index is -1.31. The van der Waals surface area contributed by atoms with Gasteiger partial charge in [-0.3, -0.25) is 14.5 Å². The van der Waals surface area contributed by atoms with E-state index in [9.17, 15) is 29.0 Å². The van der Waals surface area contributed by atoms with Gasteiger partial charge in [-0.05, 0) is 30.3 Å². The van der Waals surface area contributed by atoms with Crippen LogP contribution in [0.1, 0.15) is 22.3 Å². The van der Waals surface area contributed by atoms with E-state index < -0.39 is 23.6 Å². The average molecular weight is 446 g/mol. The Bertz CT molecular complexity index is 1090. The first-order chi connectivity index (χ1) is 14.3. The van der Waals surface area contributed by atoms with Crippen LogP contribution in [0, 0.1) is 5.82 Å². The molecular formula is C20H15FN2O5S2. The number of hydrogen-bond acceptors (Lipinski definition) is 6. The fourth-order valence-electron chi connectivity index (χ4n) is 2.67. The van der Waals surface area contributed by atoms with Gasteiger partial charge in [0.2, 0.25) is 5.91 Å². The second-order valence-electron chi connectivity index (χ2n) is 6.19. The number of benzene rings is 2. The van der Waals surface area contributed by atoms with Gasteiger partial charge in [0.1, 0.15) is 15.9 Å². The van der Waals surface area contributed by atoms with E-state index in [-0.39, 0.29) is 44.8 Å². The van der Waals surface area contributed by atoms with E-state index in [1.807, 2.05) is 0 Å². The second kappa shape index (κ2) is 9.06. The first-order valence-corrected chi connectivity index (χ1v) is 9.85. The lowest BCUT2D eigenvalue weighted by Crippen LogP contribution is -2.31. The number of aromatic carboxylic acids is 1. The van der Waals surface area contributed by atoms with Crippen LogP contribution in [-0.4, -0.2) is 43.8 Å². The molecule has 2 aromatic carbocycles. The molecule has 0 aliphatic carbocycles. The van der Waals surface area contributed by atoms with Crippen LogP contribution in [0.3, 0.4) is 0 Å². The summed E-state index contributed by atoms with van der Waals surface area (Å²) >= 11 is 6.20. The van der Waals surface area contributed by atoms with Gasteiger partial charge < -0.3 is 15.5 Å². The Kier molecular flexibility index (Phi) is 6.48. The number of nitrogens with one attached hydrogen (secondary N) is 1. The molecule has 7 nitrogen and oxygen atoms in total. The van der Waals surface area contributed by atoms with Crippen molar-refractivity contribution in [3.05, 3.63) is 64.3 Å². The number of rotatable bonds is 6. The molecule has 0 saturated carbocycles. The maximum atomic E-state index is 13.8. The van der Waals surface area contributed by atoms with E-state index in [0.29, 0.717) is 0 Å². The highest BCUT2D eigenvalue weighted by atomic mass is 32.2. The fourth-order valence-corrected chi connectivity index (χ4v) is 3.97. The Morgan fingerprint density at radius 2 is 1.97 bits per heavy atom. The van der Waals surface area contributed by atoms with Crippen LogP contribution in [0.2, 0.25) is 0 Å². The quantitative estimate of drug-likeness (QED) is 0.354. The summed E-state index contributed by atoms with van der Waals surface area (Å²) in [6.45, 7) is -0.0222. The summed E-state index contributed by atoms with van der Waals surface area (Å²) in [5.74, 6) is -2.99. The molecule has 1 aliphatic rings. The van der Waals surface area contributed by atoms with E-state index in [2.05, 4.69) is 5.32 Å². The zero-order valence-corrected chi connectivity index (χ0v) is 16.9. The van der Waals surface area contributed by atoms with E-state index >= 15 is 0 Å². The van der Waals surface area contributed by atoms with Gasteiger partial charge in [-0.2, -0.15) is 0 Å². The van der Waals surface area contributed by atoms with Gasteiger partial charge in [0.25, 0.3) is 5.91 Å². The molecular weight excluding hydrogens is 431 g/mol. The summed E-state index contributed by atoms with van der Waals surface area (Å²) in [4.78, 5) is 37.5. The number of amides is 2. The highest BCUT2D eigenvalue weighted by Gasteiger charge is 2.32. The molecule has 1 fully saturated rings. The Morgan fingerprint density at radius 1 is 1.23 bits per heavy atom. The number of nitrogens with zero attached hydrogens (tertiary/aromatic N) is 1. The van der Waals surface area contributed by atoms with Crippen LogP contribution in [-0.2, 0) is 9.59 Å². The summed E-state index contributed by atoms with van der Waals surface area (Å²) in [5, 5.41) is 21.0. The van der Waals surface area contributed by atoms with Crippen molar-refractivity contribution in [1.82, 2.24) is 4.90 Å². The minimum absolute atomic E-state index is 0.0222. The Morgan fingerprint density at radius 3 is 2.67 bits per heavy atom. The van der Waals surface area contributed by atoms with Crippen LogP contribution in [0.4, 0.5) is 10.1 Å². The number of thiocarbonyl (C=S) groups is 1. The molecule has 154 valence electrons. The van der Waals surface area contributed by atoms with Gasteiger partial charge in [0.15, 0.2) is 0 Å². The number of halogens is 1. The molecule has 1 heterocycles. The van der Waals surface area contributed by atoms with Crippen LogP contribution in [0.5, 0.6) is 5.75 Å². The van der Waals surface area contributed by atoms with Gasteiger partial charge in [0.05, 0.1) is 16.2 Å². The number of hydrogen-bond donors (Lipinski definition) is 3. The molecule has 0 aromatic heterocycles. The highest BCUT2D eigenvalue weighted by Crippen LogP contribution is 2.33. The lowest BCUT2D eigenvalue weighted by atomic mass is 10.1. The first kappa shape index (κ1) is 21.5. The van der Waals surface area contributed by atoms with Crippen molar-refractivity contribution in [3.8, 4) is 5.75 Å². The van der Waals surface area contributed by atoms with Crippen molar-refractivity contribution < 1.29 is 29.0 Å². The van der Waals surface area contributed by atoms with Crippen molar-refractivity contribution in [2.75, 3.05) is 11.9 Å². The number of thioether (sulfide) groups is 1. The maximum Gasteiger partial charge on any atom is 0.337 e. The minimum Gasteiger partial charge on any atom is -0.508 e. The number of anilines is 1. The van der Waals surface area contributed by atoms with Crippen LogP contribution >= 0.6 is 24.0 Å². The molecule has 0 unspecified atom stereocenters. The van der Waals surface area contributed by atoms with Crippen molar-refractivity contribution in [1.29, 1.82) is 0 Å². The molecule has 3 rings (SSSR count). The molecule has 0 radical (unpaired) electrons. The second-order valence-corrected chi connectivity index (χ2v) is 7.86. The molecule has 0 bridgehead atoms. The maximum absolute atomic E-state index is 13.8. The Labute approximate surface area is 180 Å². The normalized spacial score (nSPS) is 15.0. The SMILES string of the molecule is O=C(CCN1C(=O)/C(=C\c2ccccc2F)SC1=S)Nc1ccc(O)cc1C(=O)O. The third kappa shape index (κ3) is 4.84. The lowest BCUT2D eigenvalue weighted by molar-refractivity contribution is -0.122. The lowest BCUT2D eigenvalue weighted by Gasteiger charge is -2.14. The molecule has 0 spiro atoms. The van der Waals surface area contributed by atoms with Crippen molar-refractivity contribution in [2.24, 2.45) is 0 Å². The predicted octanol–water partition coefficient (Wildman–Crippen LogP) is 3.46. The summed E-state index contributed by atoms with van der Waals surface area (Å²) in [6, 6.07) is 9.55. The molecule has 2 aromatic rings. The number of aromatic hydroxyl groups is 1. The van der Waals surface area contributed by atoms with E-state index in [1.165, 1.54) is 35.2 Å². The summed E-state index contributed by atoms with van der Waals surface area (Å²) in [6.07, 6.45) is 1.27. The smallest absolute Gasteiger partial charge is 0.337 e. The molecule has 30 heavy (non-hydrogen) atoms. The average Bonchev–Trinajstić information content (AvgIpc) is 2.96. The number of carboxylic acid groups (broad SMARTS) is 1. The fraction of sp³-hybridized carbons (Fsp3) is 0.100. The first-order valence-electron chi connectivity index (χ1n) is 8.62. The number of phenolic OH excluding ortho intramolecular Hbond substituents is 1. The van der Waals surface area contributed by atoms with E-state index in [0.717, 1.165) is 17.8 Å². The Hall–Kier alpha value is -3.24. The van der Waals surface area contributed by atoms with Crippen LogP contribution in [0.25, 0.3) is 6.08 Å². The van der Waals surface area contributed by atoms with Gasteiger partial charge >= 0.3 is 5.97 Å². The summed E-state index contributed by atoms with van der Waals surface area (Å²) in [7, 11) is 0. The van der Waals surface area contributed by atoms with Gasteiger partial charge in [-0.15, -0.1) is 0 Å². The third-order valence-electron chi connectivity index (χ3n) is 4.14. The van der Waals surface area contributed by atoms with Crippen molar-refractivity contribution in [2.45, 2.75) is 6.42 Å². The summed E-state index contributed by atoms with van der Waals surface area (Å²) < 4.78 is 14.1. The zero-order chi connectivity index (χ0) is 21.8. The Balaban J connectivity index is 1.66. The predicted molar refractivity (Wildman–Crippen MR) is 115 cm³/mol. The largest absolute Gasteiger partial charge is 0.508 e. The van der Waals surface area contributed by atoms with Gasteiger partial charge in [-0.25, -0.2) is 9.18 Å². The number of carbonyl (C=O) groups excluding carboxylic acids is 2. The standard InChI is InChI=1S/C20H15FN2O5S2/c21-14-4-2-1-3-11(14)9-16-18(26)23(20(29)30-16)8-7-17(25)22-15-6-5-12(24)10-13(15)19(27)28/h1-6,9-10,24H,7-8H2,(H,22,25)(H,27,28)/b16-9+. The van der Waals surface area contributed by atoms with Crippen LogP contribution < -0.4 is 5.32 Å². The number of carbonyl (C=O) groups is 3. The third-order valence-corrected chi connectivity index (χ3v) is 5.51. The van der Waals surface area contributed by atoms with E-state index in [4.69, 9.17) is 12.2 Å². The van der Waals surface area contributed by atoms with Crippen molar-refractivity contribution in [3.63, 3.8) is 0 Å². The van der Waals surface area contributed by atoms with E-state index in [1.54, 1.807) is 12.1 Å². The molecule has 3 N–H and O–H groups in total. The topological polar surface area (TPSA) is 107 Å². The number of carboxylic acids is 1. The number of phenols is 1. The van der Waals surface area contributed by atoms with Crippen LogP contribution in [0.15, 0.2) is 47.4 Å². The van der Waals surface area contributed by atoms with Gasteiger partial charge in [-0.1, -0.05) is 42.2 Å². The zero-order valence-electron chi connectivity index (χ0n) is 15.3. The van der Waals surface area contributed by atoms with Gasteiger partial charge in [0, 0.05) is 18.5 Å². The molecule has 1 aliphatic heterocycles. The monoisotopic (exact) mass is 446 g/mol. The van der Waals surface area contributed by atoms with Crippen molar-refractivity contribution >= 4 is 57.8 Å². The molecule has 0 atom stereocenters. The molecule has 1 saturated heterocycles. The summed E-state index contributed by atoms with van der Waals surface area (Å²) in [5.41, 5.74) is 0.0150. The molecule has 2 amide bonds. The highest BCUT2D eigenvalue weighted by molar-refractivity contribution is 8.26. The molecule has 10 heteroatoms.